The Labute approximate surface area is 77.7 Å². The minimum atomic E-state index is 0.697. The molecule has 0 amide bonds. The first-order valence-corrected chi connectivity index (χ1v) is 4.71. The highest BCUT2D eigenvalue weighted by atomic mass is 16.5. The van der Waals surface area contributed by atoms with Crippen molar-refractivity contribution >= 4 is 0 Å². The van der Waals surface area contributed by atoms with Gasteiger partial charge in [0, 0.05) is 31.6 Å². The van der Waals surface area contributed by atoms with E-state index < -0.39 is 0 Å². The Balaban J connectivity index is 1.63. The van der Waals surface area contributed by atoms with Crippen molar-refractivity contribution in [2.45, 2.75) is 13.0 Å². The van der Waals surface area contributed by atoms with E-state index in [0.29, 0.717) is 5.92 Å². The number of rotatable bonds is 4. The fourth-order valence-corrected chi connectivity index (χ4v) is 1.54. The Bertz CT molecular complexity index is 229. The predicted molar refractivity (Wildman–Crippen MR) is 49.2 cm³/mol. The van der Waals surface area contributed by atoms with Crippen LogP contribution >= 0.6 is 0 Å². The SMILES string of the molecule is c1ncc(CNCC2CCOC2)[nH]1. The molecule has 4 heteroatoms. The van der Waals surface area contributed by atoms with Crippen LogP contribution in [-0.4, -0.2) is 29.7 Å². The van der Waals surface area contributed by atoms with Crippen molar-refractivity contribution < 1.29 is 4.74 Å². The van der Waals surface area contributed by atoms with Crippen LogP contribution in [0.5, 0.6) is 0 Å². The lowest BCUT2D eigenvalue weighted by Gasteiger charge is -2.07. The molecule has 1 fully saturated rings. The minimum absolute atomic E-state index is 0.697. The molecule has 1 saturated heterocycles. The van der Waals surface area contributed by atoms with Crippen LogP contribution in [0.3, 0.4) is 0 Å². The summed E-state index contributed by atoms with van der Waals surface area (Å²) >= 11 is 0. The zero-order valence-corrected chi connectivity index (χ0v) is 7.62. The molecular weight excluding hydrogens is 166 g/mol. The van der Waals surface area contributed by atoms with Crippen LogP contribution in [0.15, 0.2) is 12.5 Å². The molecule has 0 radical (unpaired) electrons. The van der Waals surface area contributed by atoms with Gasteiger partial charge >= 0.3 is 0 Å². The molecule has 72 valence electrons. The van der Waals surface area contributed by atoms with Gasteiger partial charge in [-0.05, 0) is 12.3 Å². The molecule has 2 rings (SSSR count). The van der Waals surface area contributed by atoms with E-state index in [0.717, 1.165) is 32.0 Å². The molecule has 2 heterocycles. The fraction of sp³-hybridized carbons (Fsp3) is 0.667. The lowest BCUT2D eigenvalue weighted by atomic mass is 10.1. The van der Waals surface area contributed by atoms with Crippen LogP contribution in [-0.2, 0) is 11.3 Å². The molecule has 1 aromatic rings. The maximum Gasteiger partial charge on any atom is 0.0922 e. The molecule has 4 nitrogen and oxygen atoms in total. The lowest BCUT2D eigenvalue weighted by Crippen LogP contribution is -2.22. The van der Waals surface area contributed by atoms with Crippen LogP contribution in [0.4, 0.5) is 0 Å². The van der Waals surface area contributed by atoms with Gasteiger partial charge in [0.2, 0.25) is 0 Å². The van der Waals surface area contributed by atoms with E-state index in [1.165, 1.54) is 6.42 Å². The number of nitrogens with zero attached hydrogens (tertiary/aromatic N) is 1. The van der Waals surface area contributed by atoms with Crippen molar-refractivity contribution in [3.05, 3.63) is 18.2 Å². The fourth-order valence-electron chi connectivity index (χ4n) is 1.54. The van der Waals surface area contributed by atoms with Gasteiger partial charge in [-0.25, -0.2) is 4.98 Å². The van der Waals surface area contributed by atoms with E-state index >= 15 is 0 Å². The topological polar surface area (TPSA) is 49.9 Å². The summed E-state index contributed by atoms with van der Waals surface area (Å²) in [6.45, 7) is 3.75. The van der Waals surface area contributed by atoms with Gasteiger partial charge in [0.25, 0.3) is 0 Å². The number of ether oxygens (including phenoxy) is 1. The second-order valence-corrected chi connectivity index (χ2v) is 3.44. The summed E-state index contributed by atoms with van der Waals surface area (Å²) in [7, 11) is 0. The monoisotopic (exact) mass is 181 g/mol. The molecule has 1 aromatic heterocycles. The molecule has 1 aliphatic rings. The third-order valence-electron chi connectivity index (χ3n) is 2.33. The molecule has 2 N–H and O–H groups in total. The molecule has 0 bridgehead atoms. The number of hydrogen-bond acceptors (Lipinski definition) is 3. The average Bonchev–Trinajstić information content (AvgIpc) is 2.75. The molecule has 1 unspecified atom stereocenters. The van der Waals surface area contributed by atoms with Gasteiger partial charge in [-0.3, -0.25) is 0 Å². The first-order valence-electron chi connectivity index (χ1n) is 4.71. The number of imidazole rings is 1. The Hall–Kier alpha value is -0.870. The Kier molecular flexibility index (Phi) is 2.94. The van der Waals surface area contributed by atoms with Gasteiger partial charge in [0.15, 0.2) is 0 Å². The van der Waals surface area contributed by atoms with Crippen LogP contribution < -0.4 is 5.32 Å². The van der Waals surface area contributed by atoms with Gasteiger partial charge in [0.1, 0.15) is 0 Å². The molecular formula is C9H15N3O. The van der Waals surface area contributed by atoms with E-state index in [-0.39, 0.29) is 0 Å². The molecule has 1 atom stereocenters. The molecule has 0 saturated carbocycles. The minimum Gasteiger partial charge on any atom is -0.381 e. The van der Waals surface area contributed by atoms with Gasteiger partial charge < -0.3 is 15.0 Å². The van der Waals surface area contributed by atoms with E-state index in [9.17, 15) is 0 Å². The first-order chi connectivity index (χ1) is 6.45. The highest BCUT2D eigenvalue weighted by Crippen LogP contribution is 2.10. The highest BCUT2D eigenvalue weighted by Gasteiger charge is 2.14. The largest absolute Gasteiger partial charge is 0.381 e. The molecule has 0 spiro atoms. The molecule has 0 aliphatic carbocycles. The number of hydrogen-bond donors (Lipinski definition) is 2. The van der Waals surface area contributed by atoms with Gasteiger partial charge in [-0.1, -0.05) is 0 Å². The second kappa shape index (κ2) is 4.39. The summed E-state index contributed by atoms with van der Waals surface area (Å²) in [6.07, 6.45) is 4.74. The van der Waals surface area contributed by atoms with Crippen molar-refractivity contribution in [1.82, 2.24) is 15.3 Å². The maximum atomic E-state index is 5.28. The summed E-state index contributed by atoms with van der Waals surface area (Å²) in [6, 6.07) is 0. The van der Waals surface area contributed by atoms with E-state index in [4.69, 9.17) is 4.74 Å². The second-order valence-electron chi connectivity index (χ2n) is 3.44. The van der Waals surface area contributed by atoms with Gasteiger partial charge in [0.05, 0.1) is 12.9 Å². The quantitative estimate of drug-likeness (QED) is 0.712. The molecule has 1 aliphatic heterocycles. The third kappa shape index (κ3) is 2.54. The summed E-state index contributed by atoms with van der Waals surface area (Å²) in [4.78, 5) is 7.01. The predicted octanol–water partition coefficient (Wildman–Crippen LogP) is 0.536. The lowest BCUT2D eigenvalue weighted by molar-refractivity contribution is 0.185. The smallest absolute Gasteiger partial charge is 0.0922 e. The Morgan fingerprint density at radius 3 is 3.38 bits per heavy atom. The van der Waals surface area contributed by atoms with Crippen LogP contribution in [0.2, 0.25) is 0 Å². The molecule has 0 aromatic carbocycles. The highest BCUT2D eigenvalue weighted by molar-refractivity contribution is 4.93. The van der Waals surface area contributed by atoms with E-state index in [1.54, 1.807) is 6.33 Å². The van der Waals surface area contributed by atoms with Crippen molar-refractivity contribution in [2.75, 3.05) is 19.8 Å². The van der Waals surface area contributed by atoms with Crippen molar-refractivity contribution in [2.24, 2.45) is 5.92 Å². The third-order valence-corrected chi connectivity index (χ3v) is 2.33. The Morgan fingerprint density at radius 1 is 1.69 bits per heavy atom. The van der Waals surface area contributed by atoms with Crippen molar-refractivity contribution in [3.8, 4) is 0 Å². The number of H-pyrrole nitrogens is 1. The van der Waals surface area contributed by atoms with Crippen LogP contribution in [0.1, 0.15) is 12.1 Å². The van der Waals surface area contributed by atoms with Crippen molar-refractivity contribution in [3.63, 3.8) is 0 Å². The zero-order valence-electron chi connectivity index (χ0n) is 7.62. The number of aromatic nitrogens is 2. The van der Waals surface area contributed by atoms with Crippen LogP contribution in [0, 0.1) is 5.92 Å². The first kappa shape index (κ1) is 8.72. The summed E-state index contributed by atoms with van der Waals surface area (Å²) < 4.78 is 5.28. The maximum absolute atomic E-state index is 5.28. The summed E-state index contributed by atoms with van der Waals surface area (Å²) in [5.41, 5.74) is 1.14. The van der Waals surface area contributed by atoms with Crippen LogP contribution in [0.25, 0.3) is 0 Å². The standard InChI is InChI=1S/C9H15N3O/c1-2-13-6-8(1)3-10-4-9-5-11-7-12-9/h5,7-8,10H,1-4,6H2,(H,11,12). The van der Waals surface area contributed by atoms with E-state index in [1.807, 2.05) is 6.20 Å². The number of aromatic amines is 1. The Morgan fingerprint density at radius 2 is 2.69 bits per heavy atom. The normalized spacial score (nSPS) is 22.3. The van der Waals surface area contributed by atoms with Crippen molar-refractivity contribution in [1.29, 1.82) is 0 Å². The zero-order chi connectivity index (χ0) is 8.93. The van der Waals surface area contributed by atoms with Gasteiger partial charge in [-0.2, -0.15) is 0 Å². The average molecular weight is 181 g/mol. The summed E-state index contributed by atoms with van der Waals surface area (Å²) in [5.74, 6) is 0.697. The van der Waals surface area contributed by atoms with Gasteiger partial charge in [-0.15, -0.1) is 0 Å². The summed E-state index contributed by atoms with van der Waals surface area (Å²) in [5, 5.41) is 3.38. The van der Waals surface area contributed by atoms with E-state index in [2.05, 4.69) is 15.3 Å². The number of nitrogens with one attached hydrogen (secondary N) is 2. The molecule has 13 heavy (non-hydrogen) atoms.